The highest BCUT2D eigenvalue weighted by Gasteiger charge is 2.11. The van der Waals surface area contributed by atoms with Crippen LogP contribution in [0.15, 0.2) is 18.2 Å². The molecule has 0 saturated carbocycles. The fourth-order valence-corrected chi connectivity index (χ4v) is 1.78. The summed E-state index contributed by atoms with van der Waals surface area (Å²) in [6.07, 6.45) is 0. The van der Waals surface area contributed by atoms with Gasteiger partial charge in [-0.2, -0.15) is 0 Å². The largest absolute Gasteiger partial charge is 0.397 e. The number of nitrogens with two attached hydrogens (primary N) is 1. The van der Waals surface area contributed by atoms with Gasteiger partial charge in [0.2, 0.25) is 0 Å². The van der Waals surface area contributed by atoms with Crippen molar-refractivity contribution in [1.82, 2.24) is 4.98 Å². The average Bonchev–Trinajstić information content (AvgIpc) is 2.39. The molecule has 0 bridgehead atoms. The Balaban J connectivity index is 2.80. The molecular formula is C12H11F3N2. The highest BCUT2D eigenvalue weighted by atomic mass is 19.1. The molecule has 0 aliphatic heterocycles. The van der Waals surface area contributed by atoms with Gasteiger partial charge in [0.05, 0.1) is 16.9 Å². The van der Waals surface area contributed by atoms with Crippen LogP contribution in [0.5, 0.6) is 0 Å². The second-order valence-electron chi connectivity index (χ2n) is 3.71. The number of benzene rings is 1. The van der Waals surface area contributed by atoms with E-state index >= 15 is 0 Å². The quantitative estimate of drug-likeness (QED) is 0.836. The van der Waals surface area contributed by atoms with E-state index in [2.05, 4.69) is 4.98 Å². The van der Waals surface area contributed by atoms with Crippen molar-refractivity contribution in [2.75, 3.05) is 5.73 Å². The summed E-state index contributed by atoms with van der Waals surface area (Å²) >= 11 is 0. The first-order valence-corrected chi connectivity index (χ1v) is 5.09. The maximum atomic E-state index is 12.8. The number of anilines is 1. The van der Waals surface area contributed by atoms with Crippen molar-refractivity contribution in [1.29, 1.82) is 0 Å². The summed E-state index contributed by atoms with van der Waals surface area (Å²) in [4.78, 5) is 3.98. The van der Waals surface area contributed by atoms with Crippen LogP contribution in [0.25, 0.3) is 10.9 Å². The third kappa shape index (κ3) is 1.92. The third-order valence-electron chi connectivity index (χ3n) is 2.67. The Morgan fingerprint density at radius 1 is 1.00 bits per heavy atom. The van der Waals surface area contributed by atoms with E-state index in [4.69, 9.17) is 5.73 Å². The molecule has 90 valence electrons. The molecule has 1 aromatic heterocycles. The molecule has 0 radical (unpaired) electrons. The third-order valence-corrected chi connectivity index (χ3v) is 2.67. The van der Waals surface area contributed by atoms with Gasteiger partial charge in [-0.3, -0.25) is 0 Å². The number of halogens is 3. The fraction of sp³-hybridized carbons (Fsp3) is 0.250. The SMILES string of the molecule is Nc1c(CF)cc(CF)c2ccc(CF)nc12. The van der Waals surface area contributed by atoms with E-state index in [1.807, 2.05) is 0 Å². The monoisotopic (exact) mass is 240 g/mol. The minimum absolute atomic E-state index is 0.148. The molecule has 0 spiro atoms. The van der Waals surface area contributed by atoms with Crippen molar-refractivity contribution < 1.29 is 13.2 Å². The van der Waals surface area contributed by atoms with Crippen LogP contribution in [0.2, 0.25) is 0 Å². The Bertz CT molecular complexity index is 555. The van der Waals surface area contributed by atoms with Gasteiger partial charge in [-0.05, 0) is 17.7 Å². The Morgan fingerprint density at radius 3 is 2.29 bits per heavy atom. The zero-order valence-corrected chi connectivity index (χ0v) is 9.01. The highest BCUT2D eigenvalue weighted by molar-refractivity contribution is 5.93. The predicted octanol–water partition coefficient (Wildman–Crippen LogP) is 3.23. The summed E-state index contributed by atoms with van der Waals surface area (Å²) in [6.45, 7) is -2.27. The van der Waals surface area contributed by atoms with Gasteiger partial charge in [-0.1, -0.05) is 6.07 Å². The highest BCUT2D eigenvalue weighted by Crippen LogP contribution is 2.28. The molecule has 2 nitrogen and oxygen atoms in total. The molecule has 2 rings (SSSR count). The van der Waals surface area contributed by atoms with Gasteiger partial charge in [0.15, 0.2) is 0 Å². The number of rotatable bonds is 3. The van der Waals surface area contributed by atoms with E-state index in [-0.39, 0.29) is 22.5 Å². The molecular weight excluding hydrogens is 229 g/mol. The van der Waals surface area contributed by atoms with Gasteiger partial charge in [0.25, 0.3) is 0 Å². The maximum Gasteiger partial charge on any atom is 0.131 e. The second-order valence-corrected chi connectivity index (χ2v) is 3.71. The number of hydrogen-bond donors (Lipinski definition) is 1. The van der Waals surface area contributed by atoms with Crippen molar-refractivity contribution >= 4 is 16.6 Å². The van der Waals surface area contributed by atoms with E-state index in [1.165, 1.54) is 12.1 Å². The first-order valence-electron chi connectivity index (χ1n) is 5.09. The lowest BCUT2D eigenvalue weighted by Gasteiger charge is -2.10. The summed E-state index contributed by atoms with van der Waals surface area (Å²) in [5.74, 6) is 0. The Kier molecular flexibility index (Phi) is 3.17. The Labute approximate surface area is 96.3 Å². The van der Waals surface area contributed by atoms with Crippen LogP contribution in [0, 0.1) is 0 Å². The molecule has 1 heterocycles. The number of nitrogens with zero attached hydrogens (tertiary/aromatic N) is 1. The second kappa shape index (κ2) is 4.61. The van der Waals surface area contributed by atoms with Crippen molar-refractivity contribution in [2.45, 2.75) is 20.0 Å². The fourth-order valence-electron chi connectivity index (χ4n) is 1.78. The Hall–Kier alpha value is -1.78. The minimum atomic E-state index is -0.795. The first-order chi connectivity index (χ1) is 8.21. The van der Waals surface area contributed by atoms with E-state index in [9.17, 15) is 13.2 Å². The number of alkyl halides is 3. The van der Waals surface area contributed by atoms with E-state index in [0.29, 0.717) is 10.9 Å². The average molecular weight is 240 g/mol. The standard InChI is InChI=1S/C12H11F3N2/c13-4-7-3-8(5-14)11(16)12-10(7)2-1-9(6-15)17-12/h1-3H,4-6,16H2. The molecule has 0 saturated heterocycles. The first kappa shape index (κ1) is 11.7. The van der Waals surface area contributed by atoms with Gasteiger partial charge in [-0.15, -0.1) is 0 Å². The lowest BCUT2D eigenvalue weighted by Crippen LogP contribution is -2.00. The summed E-state index contributed by atoms with van der Waals surface area (Å²) in [5, 5.41) is 0.499. The molecule has 0 aliphatic carbocycles. The predicted molar refractivity (Wildman–Crippen MR) is 60.6 cm³/mol. The van der Waals surface area contributed by atoms with Crippen LogP contribution in [0.3, 0.4) is 0 Å². The molecule has 0 amide bonds. The summed E-state index contributed by atoms with van der Waals surface area (Å²) in [7, 11) is 0. The number of aromatic nitrogens is 1. The molecule has 0 unspecified atom stereocenters. The molecule has 0 fully saturated rings. The van der Waals surface area contributed by atoms with Crippen molar-refractivity contribution in [2.24, 2.45) is 0 Å². The number of hydrogen-bond acceptors (Lipinski definition) is 2. The van der Waals surface area contributed by atoms with Gasteiger partial charge in [-0.25, -0.2) is 18.2 Å². The molecule has 2 N–H and O–H groups in total. The molecule has 2 aromatic rings. The zero-order valence-electron chi connectivity index (χ0n) is 9.01. The molecule has 0 aliphatic rings. The summed E-state index contributed by atoms with van der Waals surface area (Å²) < 4.78 is 38.0. The smallest absolute Gasteiger partial charge is 0.131 e. The van der Waals surface area contributed by atoms with Gasteiger partial charge in [0.1, 0.15) is 20.0 Å². The van der Waals surface area contributed by atoms with E-state index < -0.39 is 20.0 Å². The van der Waals surface area contributed by atoms with E-state index in [0.717, 1.165) is 0 Å². The lowest BCUT2D eigenvalue weighted by atomic mass is 10.0. The number of nitrogen functional groups attached to an aromatic ring is 1. The summed E-state index contributed by atoms with van der Waals surface area (Å²) in [5.41, 5.74) is 6.85. The van der Waals surface area contributed by atoms with Gasteiger partial charge < -0.3 is 5.73 Å². The van der Waals surface area contributed by atoms with Crippen molar-refractivity contribution in [3.8, 4) is 0 Å². The normalized spacial score (nSPS) is 11.0. The topological polar surface area (TPSA) is 38.9 Å². The lowest BCUT2D eigenvalue weighted by molar-refractivity contribution is 0.475. The van der Waals surface area contributed by atoms with Crippen LogP contribution in [0.4, 0.5) is 18.9 Å². The Morgan fingerprint density at radius 2 is 1.71 bits per heavy atom. The van der Waals surface area contributed by atoms with Crippen LogP contribution in [-0.4, -0.2) is 4.98 Å². The van der Waals surface area contributed by atoms with Crippen LogP contribution in [-0.2, 0) is 20.0 Å². The molecule has 17 heavy (non-hydrogen) atoms. The van der Waals surface area contributed by atoms with Crippen LogP contribution < -0.4 is 5.73 Å². The number of fused-ring (bicyclic) bond motifs is 1. The molecule has 5 heteroatoms. The van der Waals surface area contributed by atoms with E-state index in [1.54, 1.807) is 6.07 Å². The van der Waals surface area contributed by atoms with Gasteiger partial charge >= 0.3 is 0 Å². The molecule has 1 aromatic carbocycles. The van der Waals surface area contributed by atoms with Crippen molar-refractivity contribution in [3.63, 3.8) is 0 Å². The van der Waals surface area contributed by atoms with Crippen LogP contribution >= 0.6 is 0 Å². The summed E-state index contributed by atoms with van der Waals surface area (Å²) in [6, 6.07) is 4.41. The van der Waals surface area contributed by atoms with Crippen LogP contribution in [0.1, 0.15) is 16.8 Å². The minimum Gasteiger partial charge on any atom is -0.397 e. The number of pyridine rings is 1. The maximum absolute atomic E-state index is 12.8. The van der Waals surface area contributed by atoms with Gasteiger partial charge in [0, 0.05) is 10.9 Å². The van der Waals surface area contributed by atoms with Crippen molar-refractivity contribution in [3.05, 3.63) is 35.0 Å². The zero-order chi connectivity index (χ0) is 12.4. The molecule has 0 atom stereocenters.